The fraction of sp³-hybridized carbons (Fsp3) is 0.480. The van der Waals surface area contributed by atoms with Gasteiger partial charge in [0.05, 0.1) is 12.6 Å². The van der Waals surface area contributed by atoms with Gasteiger partial charge in [0.2, 0.25) is 0 Å². The van der Waals surface area contributed by atoms with Gasteiger partial charge in [-0.2, -0.15) is 0 Å². The molecule has 0 radical (unpaired) electrons. The summed E-state index contributed by atoms with van der Waals surface area (Å²) in [5.41, 5.74) is 2.04. The van der Waals surface area contributed by atoms with Crippen LogP contribution in [0.2, 0.25) is 0 Å². The van der Waals surface area contributed by atoms with Crippen LogP contribution in [-0.2, 0) is 11.2 Å². The van der Waals surface area contributed by atoms with Crippen molar-refractivity contribution in [3.63, 3.8) is 0 Å². The zero-order valence-corrected chi connectivity index (χ0v) is 18.2. The summed E-state index contributed by atoms with van der Waals surface area (Å²) >= 11 is 0. The molecule has 2 aromatic carbocycles. The monoisotopic (exact) mass is 410 g/mol. The Morgan fingerprint density at radius 2 is 1.80 bits per heavy atom. The number of ether oxygens (including phenoxy) is 2. The molecule has 5 nitrogen and oxygen atoms in total. The van der Waals surface area contributed by atoms with E-state index in [9.17, 15) is 4.79 Å². The minimum Gasteiger partial charge on any atom is -0.490 e. The number of methoxy groups -OCH3 is 1. The first-order chi connectivity index (χ1) is 14.7. The zero-order chi connectivity index (χ0) is 21.2. The van der Waals surface area contributed by atoms with E-state index in [1.165, 1.54) is 5.56 Å². The third-order valence-electron chi connectivity index (χ3n) is 5.71. The van der Waals surface area contributed by atoms with Crippen molar-refractivity contribution >= 4 is 5.91 Å². The highest BCUT2D eigenvalue weighted by Gasteiger charge is 2.20. The average Bonchev–Trinajstić information content (AvgIpc) is 2.79. The lowest BCUT2D eigenvalue weighted by atomic mass is 10.1. The number of nitrogens with zero attached hydrogens (tertiary/aromatic N) is 1. The first-order valence-corrected chi connectivity index (χ1v) is 11.0. The molecule has 1 unspecified atom stereocenters. The second kappa shape index (κ2) is 11.7. The van der Waals surface area contributed by atoms with Gasteiger partial charge in [0.1, 0.15) is 11.9 Å². The van der Waals surface area contributed by atoms with Crippen LogP contribution in [0.3, 0.4) is 0 Å². The van der Waals surface area contributed by atoms with Crippen molar-refractivity contribution in [3.05, 3.63) is 65.7 Å². The van der Waals surface area contributed by atoms with Gasteiger partial charge in [-0.15, -0.1) is 0 Å². The quantitative estimate of drug-likeness (QED) is 0.645. The van der Waals surface area contributed by atoms with E-state index in [-0.39, 0.29) is 18.1 Å². The van der Waals surface area contributed by atoms with Crippen LogP contribution < -0.4 is 10.1 Å². The first-order valence-electron chi connectivity index (χ1n) is 11.0. The second-order valence-corrected chi connectivity index (χ2v) is 7.95. The lowest BCUT2D eigenvalue weighted by Crippen LogP contribution is -2.39. The fourth-order valence-corrected chi connectivity index (χ4v) is 3.79. The summed E-state index contributed by atoms with van der Waals surface area (Å²) in [6.07, 6.45) is 4.24. The Morgan fingerprint density at radius 3 is 2.43 bits per heavy atom. The van der Waals surface area contributed by atoms with E-state index >= 15 is 0 Å². The Balaban J connectivity index is 1.41. The largest absolute Gasteiger partial charge is 0.490 e. The number of rotatable bonds is 10. The van der Waals surface area contributed by atoms with E-state index in [4.69, 9.17) is 9.47 Å². The molecule has 1 atom stereocenters. The van der Waals surface area contributed by atoms with E-state index < -0.39 is 0 Å². The smallest absolute Gasteiger partial charge is 0.251 e. The van der Waals surface area contributed by atoms with Gasteiger partial charge < -0.3 is 19.7 Å². The van der Waals surface area contributed by atoms with Crippen LogP contribution in [-0.4, -0.2) is 56.3 Å². The van der Waals surface area contributed by atoms with Crippen molar-refractivity contribution in [1.29, 1.82) is 0 Å². The number of nitrogens with one attached hydrogen (secondary N) is 1. The molecule has 1 amide bonds. The van der Waals surface area contributed by atoms with Crippen molar-refractivity contribution in [1.82, 2.24) is 10.2 Å². The number of carbonyl (C=O) groups is 1. The van der Waals surface area contributed by atoms with Gasteiger partial charge >= 0.3 is 0 Å². The van der Waals surface area contributed by atoms with Crippen LogP contribution in [0.25, 0.3) is 0 Å². The molecular formula is C25H34N2O3. The SMILES string of the molecule is CCC(COC)NC(=O)c1ccc(OC2CCN(CCc3ccccc3)CC2)cc1. The summed E-state index contributed by atoms with van der Waals surface area (Å²) in [6, 6.07) is 18.2. The van der Waals surface area contributed by atoms with E-state index in [2.05, 4.69) is 40.5 Å². The number of piperidine rings is 1. The molecule has 162 valence electrons. The van der Waals surface area contributed by atoms with E-state index in [0.717, 1.165) is 51.1 Å². The van der Waals surface area contributed by atoms with Crippen LogP contribution in [0, 0.1) is 0 Å². The topological polar surface area (TPSA) is 50.8 Å². The lowest BCUT2D eigenvalue weighted by molar-refractivity contribution is 0.0894. The van der Waals surface area contributed by atoms with Crippen LogP contribution in [0.5, 0.6) is 5.75 Å². The van der Waals surface area contributed by atoms with E-state index in [1.54, 1.807) is 7.11 Å². The summed E-state index contributed by atoms with van der Waals surface area (Å²) < 4.78 is 11.3. The third-order valence-corrected chi connectivity index (χ3v) is 5.71. The van der Waals surface area contributed by atoms with E-state index in [1.807, 2.05) is 31.2 Å². The molecule has 1 aliphatic heterocycles. The number of likely N-dealkylation sites (tertiary alicyclic amines) is 1. The molecule has 0 aliphatic carbocycles. The molecule has 1 heterocycles. The Hall–Kier alpha value is -2.37. The molecule has 3 rings (SSSR count). The van der Waals surface area contributed by atoms with Crippen molar-refractivity contribution in [2.24, 2.45) is 0 Å². The Morgan fingerprint density at radius 1 is 1.10 bits per heavy atom. The van der Waals surface area contributed by atoms with Gasteiger partial charge in [0.15, 0.2) is 0 Å². The van der Waals surface area contributed by atoms with Gasteiger partial charge in [-0.25, -0.2) is 0 Å². The van der Waals surface area contributed by atoms with Gasteiger partial charge in [0, 0.05) is 32.3 Å². The Bertz CT molecular complexity index is 756. The van der Waals surface area contributed by atoms with Crippen molar-refractivity contribution in [2.75, 3.05) is 33.4 Å². The van der Waals surface area contributed by atoms with Gasteiger partial charge in [-0.3, -0.25) is 4.79 Å². The molecule has 0 aromatic heterocycles. The molecule has 1 aliphatic rings. The van der Waals surface area contributed by atoms with Crippen LogP contribution >= 0.6 is 0 Å². The standard InChI is InChI=1S/C25H34N2O3/c1-3-22(19-29-2)26-25(28)21-9-11-23(12-10-21)30-24-14-17-27(18-15-24)16-13-20-7-5-4-6-8-20/h4-12,22,24H,3,13-19H2,1-2H3,(H,26,28). The molecular weight excluding hydrogens is 376 g/mol. The fourth-order valence-electron chi connectivity index (χ4n) is 3.79. The molecule has 5 heteroatoms. The van der Waals surface area contributed by atoms with Crippen LogP contribution in [0.4, 0.5) is 0 Å². The lowest BCUT2D eigenvalue weighted by Gasteiger charge is -2.32. The highest BCUT2D eigenvalue weighted by molar-refractivity contribution is 5.94. The summed E-state index contributed by atoms with van der Waals surface area (Å²) in [4.78, 5) is 14.9. The molecule has 0 spiro atoms. The molecule has 1 N–H and O–H groups in total. The number of benzene rings is 2. The Kier molecular flexibility index (Phi) is 8.72. The predicted octanol–water partition coefficient (Wildman–Crippen LogP) is 3.93. The van der Waals surface area contributed by atoms with Crippen molar-refractivity contribution in [3.8, 4) is 5.75 Å². The zero-order valence-electron chi connectivity index (χ0n) is 18.2. The summed E-state index contributed by atoms with van der Waals surface area (Å²) in [5, 5.41) is 3.00. The minimum atomic E-state index is -0.0721. The summed E-state index contributed by atoms with van der Waals surface area (Å²) in [7, 11) is 1.65. The van der Waals surface area contributed by atoms with Crippen LogP contribution in [0.15, 0.2) is 54.6 Å². The Labute approximate surface area is 180 Å². The molecule has 1 fully saturated rings. The van der Waals surface area contributed by atoms with E-state index in [0.29, 0.717) is 12.2 Å². The number of hydrogen-bond donors (Lipinski definition) is 1. The summed E-state index contributed by atoms with van der Waals surface area (Å²) in [5.74, 6) is 0.760. The predicted molar refractivity (Wildman–Crippen MR) is 120 cm³/mol. The van der Waals surface area contributed by atoms with Gasteiger partial charge in [-0.1, -0.05) is 37.3 Å². The molecule has 30 heavy (non-hydrogen) atoms. The van der Waals surface area contributed by atoms with Crippen molar-refractivity contribution < 1.29 is 14.3 Å². The average molecular weight is 411 g/mol. The third kappa shape index (κ3) is 6.85. The maximum Gasteiger partial charge on any atom is 0.251 e. The highest BCUT2D eigenvalue weighted by Crippen LogP contribution is 2.20. The first kappa shape index (κ1) is 22.3. The molecule has 2 aromatic rings. The van der Waals surface area contributed by atoms with Gasteiger partial charge in [0.25, 0.3) is 5.91 Å². The minimum absolute atomic E-state index is 0.0329. The number of carbonyl (C=O) groups excluding carboxylic acids is 1. The number of hydrogen-bond acceptors (Lipinski definition) is 4. The molecule has 0 saturated carbocycles. The van der Waals surface area contributed by atoms with Crippen LogP contribution in [0.1, 0.15) is 42.1 Å². The van der Waals surface area contributed by atoms with Crippen molar-refractivity contribution in [2.45, 2.75) is 44.8 Å². The second-order valence-electron chi connectivity index (χ2n) is 7.95. The molecule has 1 saturated heterocycles. The summed E-state index contributed by atoms with van der Waals surface area (Å²) in [6.45, 7) is 5.79. The maximum absolute atomic E-state index is 12.4. The number of amides is 1. The highest BCUT2D eigenvalue weighted by atomic mass is 16.5. The molecule has 0 bridgehead atoms. The normalized spacial score (nSPS) is 16.2. The van der Waals surface area contributed by atoms with Gasteiger partial charge in [-0.05, 0) is 55.5 Å². The maximum atomic E-state index is 12.4.